The Morgan fingerprint density at radius 3 is 1.79 bits per heavy atom. The fourth-order valence-electron chi connectivity index (χ4n) is 3.10. The molecule has 0 fully saturated rings. The van der Waals surface area contributed by atoms with Gasteiger partial charge >= 0.3 is 51.4 Å². The van der Waals surface area contributed by atoms with Crippen molar-refractivity contribution >= 4 is 16.0 Å². The number of nitrogens with zero attached hydrogens (tertiary/aromatic N) is 1. The van der Waals surface area contributed by atoms with Gasteiger partial charge in [-0.1, -0.05) is 96.1 Å². The Kier molecular flexibility index (Phi) is 25.8. The first-order valence-electron chi connectivity index (χ1n) is 11.3. The summed E-state index contributed by atoms with van der Waals surface area (Å²) in [7, 11) is -3.90. The Hall–Kier alpha value is 0.756. The predicted octanol–water partition coefficient (Wildman–Crippen LogP) is 2.45. The minimum absolute atomic E-state index is 0. The molecule has 0 amide bonds. The van der Waals surface area contributed by atoms with Crippen molar-refractivity contribution in [1.29, 1.82) is 0 Å². The number of rotatable bonds is 20. The molecule has 166 valence electrons. The molecule has 29 heavy (non-hydrogen) atoms. The molecular weight excluding hydrogens is 413 g/mol. The number of allylic oxidation sites excluding steroid dienone is 1. The Balaban J connectivity index is 0. The summed E-state index contributed by atoms with van der Waals surface area (Å²) in [5, 5.41) is 11.5. The van der Waals surface area contributed by atoms with E-state index in [2.05, 4.69) is 11.9 Å². The molecule has 0 bridgehead atoms. The molecule has 0 aromatic rings. The zero-order chi connectivity index (χ0) is 20.9. The van der Waals surface area contributed by atoms with Gasteiger partial charge in [-0.3, -0.25) is 4.55 Å². The predicted molar refractivity (Wildman–Crippen MR) is 117 cm³/mol. The monoisotopic (exact) mass is 455 g/mol. The molecule has 0 aliphatic carbocycles. The van der Waals surface area contributed by atoms with E-state index in [9.17, 15) is 13.5 Å². The molecule has 0 saturated carbocycles. The summed E-state index contributed by atoms with van der Waals surface area (Å²) in [4.78, 5) is 3.84. The molecule has 7 heteroatoms. The minimum atomic E-state index is -3.90. The quantitative estimate of drug-likeness (QED) is 0.100. The van der Waals surface area contributed by atoms with Crippen LogP contribution in [0.1, 0.15) is 110 Å². The van der Waals surface area contributed by atoms with E-state index in [0.717, 1.165) is 12.8 Å². The van der Waals surface area contributed by atoms with Gasteiger partial charge in [0.15, 0.2) is 0 Å². The normalized spacial score (nSPS) is 12.4. The molecule has 0 radical (unpaired) electrons. The van der Waals surface area contributed by atoms with Crippen LogP contribution in [0.25, 0.3) is 0 Å². The van der Waals surface area contributed by atoms with Gasteiger partial charge in [0.2, 0.25) is 0 Å². The summed E-state index contributed by atoms with van der Waals surface area (Å²) in [6, 6.07) is 0. The van der Waals surface area contributed by atoms with Crippen LogP contribution in [0.2, 0.25) is 0 Å². The molecule has 0 aliphatic heterocycles. The number of hydrogen-bond acceptors (Lipinski definition) is 4. The molecule has 0 spiro atoms. The second-order valence-corrected chi connectivity index (χ2v) is 9.22. The Labute approximate surface area is 222 Å². The molecular formula is C22H42KNO4S. The first-order valence-corrected chi connectivity index (χ1v) is 12.9. The van der Waals surface area contributed by atoms with E-state index >= 15 is 0 Å². The second-order valence-electron chi connectivity index (χ2n) is 7.65. The van der Waals surface area contributed by atoms with E-state index in [1.807, 2.05) is 6.08 Å². The molecule has 5 nitrogen and oxygen atoms in total. The van der Waals surface area contributed by atoms with Gasteiger partial charge in [0.25, 0.3) is 10.1 Å². The van der Waals surface area contributed by atoms with E-state index in [-0.39, 0.29) is 63.0 Å². The van der Waals surface area contributed by atoms with E-state index < -0.39 is 10.1 Å². The topological polar surface area (TPSA) is 89.8 Å². The van der Waals surface area contributed by atoms with Crippen molar-refractivity contribution in [2.75, 3.05) is 12.3 Å². The maximum atomic E-state index is 11.5. The van der Waals surface area contributed by atoms with Crippen molar-refractivity contribution < 1.29 is 69.5 Å². The number of hydrogen-bond donors (Lipinski definition) is 1. The Morgan fingerprint density at radius 2 is 1.31 bits per heavy atom. The fourth-order valence-corrected chi connectivity index (χ4v) is 3.67. The standard InChI is InChI=1S/C22H43NO4S.K/c1-2-3-4-5-6-7-8-9-10-11-12-13-14-15-16-19-22(24)23-20-17-18-21-28(25,26)27;/h16,19H,2-15,17-18,20-21H2,1H3,(H,23,24)(H,25,26,27);/q;+1/p-1/b19-16+;. The van der Waals surface area contributed by atoms with Crippen molar-refractivity contribution in [2.45, 2.75) is 110 Å². The third-order valence-corrected chi connectivity index (χ3v) is 5.62. The van der Waals surface area contributed by atoms with Crippen LogP contribution in [0, 0.1) is 0 Å². The summed E-state index contributed by atoms with van der Waals surface area (Å²) in [5.41, 5.74) is 0. The Morgan fingerprint density at radius 1 is 0.828 bits per heavy atom. The van der Waals surface area contributed by atoms with Gasteiger partial charge in [0, 0.05) is 6.54 Å². The third-order valence-electron chi connectivity index (χ3n) is 4.81. The SMILES string of the molecule is CCCCCCCCCCCCCCC/C=C/C([O-])=NCCCCS(=O)(=O)O.[K+]. The van der Waals surface area contributed by atoms with Crippen molar-refractivity contribution in [3.05, 3.63) is 12.2 Å². The first-order chi connectivity index (χ1) is 13.5. The number of unbranched alkanes of at least 4 members (excludes halogenated alkanes) is 14. The van der Waals surface area contributed by atoms with Crippen molar-refractivity contribution in [3.63, 3.8) is 0 Å². The second kappa shape index (κ2) is 23.4. The summed E-state index contributed by atoms with van der Waals surface area (Å²) >= 11 is 0. The van der Waals surface area contributed by atoms with Gasteiger partial charge in [-0.15, -0.1) is 0 Å². The molecule has 0 heterocycles. The van der Waals surface area contributed by atoms with Gasteiger partial charge in [-0.25, -0.2) is 0 Å². The van der Waals surface area contributed by atoms with Gasteiger partial charge in [0.05, 0.1) is 5.75 Å². The van der Waals surface area contributed by atoms with E-state index in [0.29, 0.717) is 19.4 Å². The summed E-state index contributed by atoms with van der Waals surface area (Å²) in [5.74, 6) is -0.535. The molecule has 0 rings (SSSR count). The molecule has 0 aromatic carbocycles. The minimum Gasteiger partial charge on any atom is -0.859 e. The average Bonchev–Trinajstić information content (AvgIpc) is 2.63. The molecule has 0 atom stereocenters. The van der Waals surface area contributed by atoms with E-state index in [1.54, 1.807) is 0 Å². The van der Waals surface area contributed by atoms with Gasteiger partial charge in [-0.2, -0.15) is 8.42 Å². The summed E-state index contributed by atoms with van der Waals surface area (Å²) < 4.78 is 29.7. The van der Waals surface area contributed by atoms with Gasteiger partial charge in [0.1, 0.15) is 0 Å². The fraction of sp³-hybridized carbons (Fsp3) is 0.864. The van der Waals surface area contributed by atoms with Gasteiger partial charge < -0.3 is 10.1 Å². The van der Waals surface area contributed by atoms with Crippen molar-refractivity contribution in [2.24, 2.45) is 4.99 Å². The smallest absolute Gasteiger partial charge is 0.859 e. The molecule has 0 unspecified atom stereocenters. The van der Waals surface area contributed by atoms with Crippen LogP contribution in [0.5, 0.6) is 0 Å². The van der Waals surface area contributed by atoms with Crippen molar-refractivity contribution in [3.8, 4) is 0 Å². The molecule has 0 saturated heterocycles. The van der Waals surface area contributed by atoms with Crippen LogP contribution >= 0.6 is 0 Å². The van der Waals surface area contributed by atoms with Crippen LogP contribution in [0.15, 0.2) is 17.1 Å². The van der Waals surface area contributed by atoms with E-state index in [4.69, 9.17) is 4.55 Å². The number of aliphatic imine (C=N–C) groups is 1. The zero-order valence-corrected chi connectivity index (χ0v) is 22.8. The zero-order valence-electron chi connectivity index (χ0n) is 18.9. The third kappa shape index (κ3) is 28.8. The largest absolute Gasteiger partial charge is 1.00 e. The van der Waals surface area contributed by atoms with Crippen LogP contribution in [0.3, 0.4) is 0 Å². The van der Waals surface area contributed by atoms with Crippen LogP contribution in [-0.4, -0.2) is 31.2 Å². The Bertz CT molecular complexity index is 507. The molecule has 0 aromatic heterocycles. The maximum Gasteiger partial charge on any atom is 1.00 e. The summed E-state index contributed by atoms with van der Waals surface area (Å²) in [6.07, 6.45) is 22.4. The first kappa shape index (κ1) is 31.9. The average molecular weight is 456 g/mol. The molecule has 1 N–H and O–H groups in total. The van der Waals surface area contributed by atoms with Crippen LogP contribution in [-0.2, 0) is 10.1 Å². The molecule has 0 aliphatic rings. The van der Waals surface area contributed by atoms with Crippen LogP contribution < -0.4 is 56.5 Å². The van der Waals surface area contributed by atoms with Gasteiger partial charge in [-0.05, 0) is 31.6 Å². The van der Waals surface area contributed by atoms with Crippen LogP contribution in [0.4, 0.5) is 0 Å². The van der Waals surface area contributed by atoms with Crippen molar-refractivity contribution in [1.82, 2.24) is 0 Å². The maximum absolute atomic E-state index is 11.5. The summed E-state index contributed by atoms with van der Waals surface area (Å²) in [6.45, 7) is 2.56. The van der Waals surface area contributed by atoms with E-state index in [1.165, 1.54) is 83.1 Å².